The fourth-order valence-electron chi connectivity index (χ4n) is 3.65. The van der Waals surface area contributed by atoms with Gasteiger partial charge in [0, 0.05) is 6.54 Å². The highest BCUT2D eigenvalue weighted by Crippen LogP contribution is 2.24. The predicted molar refractivity (Wildman–Crippen MR) is 118 cm³/mol. The molecule has 0 unspecified atom stereocenters. The van der Waals surface area contributed by atoms with Crippen LogP contribution < -0.4 is 16.5 Å². The van der Waals surface area contributed by atoms with Crippen LogP contribution in [-0.2, 0) is 17.9 Å². The van der Waals surface area contributed by atoms with Crippen molar-refractivity contribution < 1.29 is 14.7 Å². The molecule has 0 spiro atoms. The number of aromatic hydroxyl groups is 1. The highest BCUT2D eigenvalue weighted by atomic mass is 16.3. The van der Waals surface area contributed by atoms with Crippen molar-refractivity contribution in [2.75, 3.05) is 0 Å². The second-order valence-electron chi connectivity index (χ2n) is 7.23. The number of para-hydroxylation sites is 2. The van der Waals surface area contributed by atoms with E-state index >= 15 is 0 Å². The fourth-order valence-corrected chi connectivity index (χ4v) is 3.65. The van der Waals surface area contributed by atoms with Crippen LogP contribution >= 0.6 is 0 Å². The number of amides is 2. The number of imidazole rings is 1. The summed E-state index contributed by atoms with van der Waals surface area (Å²) >= 11 is 0. The number of rotatable bonds is 5. The first-order chi connectivity index (χ1) is 15.0. The summed E-state index contributed by atoms with van der Waals surface area (Å²) in [6, 6.07) is 17.6. The van der Waals surface area contributed by atoms with E-state index in [-0.39, 0.29) is 23.5 Å². The van der Waals surface area contributed by atoms with Gasteiger partial charge in [0.1, 0.15) is 12.3 Å². The summed E-state index contributed by atoms with van der Waals surface area (Å²) in [5.74, 6) is -1.41. The van der Waals surface area contributed by atoms with Crippen molar-refractivity contribution in [3.05, 3.63) is 76.7 Å². The summed E-state index contributed by atoms with van der Waals surface area (Å²) in [5, 5.41) is 11.7. The number of hydrazine groups is 1. The van der Waals surface area contributed by atoms with Gasteiger partial charge in [-0.25, -0.2) is 4.79 Å². The molecule has 0 saturated carbocycles. The molecule has 4 rings (SSSR count). The first kappa shape index (κ1) is 20.2. The fraction of sp³-hybridized carbons (Fsp3) is 0.174. The molecule has 3 N–H and O–H groups in total. The number of phenolic OH excluding ortho intramolecular Hbond substituents is 1. The van der Waals surface area contributed by atoms with Crippen LogP contribution in [0.2, 0.25) is 0 Å². The van der Waals surface area contributed by atoms with Gasteiger partial charge in [0.15, 0.2) is 0 Å². The molecule has 8 heteroatoms. The SMILES string of the molecule is CCCn1c(=O)n(CC(=O)NNC(=O)c2cc3ccccc3cc2O)c2ccccc21. The second-order valence-corrected chi connectivity index (χ2v) is 7.23. The van der Waals surface area contributed by atoms with Gasteiger partial charge in [0.2, 0.25) is 0 Å². The summed E-state index contributed by atoms with van der Waals surface area (Å²) in [6.45, 7) is 2.27. The van der Waals surface area contributed by atoms with Crippen LogP contribution in [0.4, 0.5) is 0 Å². The number of phenols is 1. The minimum atomic E-state index is -0.655. The number of carbonyl (C=O) groups excluding carboxylic acids is 2. The molecular weight excluding hydrogens is 396 g/mol. The topological polar surface area (TPSA) is 105 Å². The van der Waals surface area contributed by atoms with E-state index in [0.717, 1.165) is 22.7 Å². The standard InChI is InChI=1S/C23H22N4O4/c1-2-11-26-18-9-5-6-10-19(18)27(23(26)31)14-21(29)24-25-22(30)17-12-15-7-3-4-8-16(15)13-20(17)28/h3-10,12-13,28H,2,11,14H2,1H3,(H,24,29)(H,25,30). The molecule has 0 atom stereocenters. The van der Waals surface area contributed by atoms with Gasteiger partial charge in [-0.1, -0.05) is 43.3 Å². The minimum absolute atomic E-state index is 0.0377. The van der Waals surface area contributed by atoms with E-state index in [0.29, 0.717) is 12.1 Å². The van der Waals surface area contributed by atoms with Crippen molar-refractivity contribution in [2.24, 2.45) is 0 Å². The maximum atomic E-state index is 12.8. The Balaban J connectivity index is 1.50. The Labute approximate surface area is 177 Å². The summed E-state index contributed by atoms with van der Waals surface area (Å²) in [7, 11) is 0. The molecule has 0 fully saturated rings. The first-order valence-corrected chi connectivity index (χ1v) is 9.98. The van der Waals surface area contributed by atoms with E-state index in [4.69, 9.17) is 0 Å². The van der Waals surface area contributed by atoms with Crippen LogP contribution in [0.15, 0.2) is 65.5 Å². The van der Waals surface area contributed by atoms with Crippen LogP contribution in [0.5, 0.6) is 5.75 Å². The summed E-state index contributed by atoms with van der Waals surface area (Å²) in [6.07, 6.45) is 0.783. The number of benzene rings is 3. The Bertz CT molecular complexity index is 1350. The van der Waals surface area contributed by atoms with Gasteiger partial charge in [-0.3, -0.25) is 29.6 Å². The number of nitrogens with zero attached hydrogens (tertiary/aromatic N) is 2. The molecule has 2 amide bonds. The Hall–Kier alpha value is -4.07. The Morgan fingerprint density at radius 1 is 0.903 bits per heavy atom. The van der Waals surface area contributed by atoms with Gasteiger partial charge < -0.3 is 5.11 Å². The summed E-state index contributed by atoms with van der Waals surface area (Å²) < 4.78 is 3.01. The van der Waals surface area contributed by atoms with E-state index in [1.54, 1.807) is 22.8 Å². The number of fused-ring (bicyclic) bond motifs is 2. The number of carbonyl (C=O) groups is 2. The molecule has 0 aliphatic heterocycles. The second kappa shape index (κ2) is 8.35. The molecule has 158 valence electrons. The van der Waals surface area contributed by atoms with Gasteiger partial charge in [-0.2, -0.15) is 0 Å². The lowest BCUT2D eigenvalue weighted by atomic mass is 10.1. The highest BCUT2D eigenvalue weighted by molar-refractivity contribution is 6.02. The van der Waals surface area contributed by atoms with Gasteiger partial charge in [-0.15, -0.1) is 0 Å². The van der Waals surface area contributed by atoms with Gasteiger partial charge in [-0.05, 0) is 41.5 Å². The molecule has 1 heterocycles. The molecule has 0 aliphatic rings. The zero-order chi connectivity index (χ0) is 22.0. The Morgan fingerprint density at radius 2 is 1.52 bits per heavy atom. The van der Waals surface area contributed by atoms with Crippen molar-refractivity contribution >= 4 is 33.6 Å². The zero-order valence-corrected chi connectivity index (χ0v) is 17.0. The lowest BCUT2D eigenvalue weighted by Gasteiger charge is -2.10. The van der Waals surface area contributed by atoms with Crippen molar-refractivity contribution in [1.82, 2.24) is 20.0 Å². The number of hydrogen-bond donors (Lipinski definition) is 3. The average Bonchev–Trinajstić information content (AvgIpc) is 3.03. The summed E-state index contributed by atoms with van der Waals surface area (Å²) in [4.78, 5) is 37.7. The quantitative estimate of drug-likeness (QED) is 0.433. The first-order valence-electron chi connectivity index (χ1n) is 9.98. The van der Waals surface area contributed by atoms with Crippen molar-refractivity contribution in [2.45, 2.75) is 26.4 Å². The van der Waals surface area contributed by atoms with Gasteiger partial charge >= 0.3 is 5.69 Å². The monoisotopic (exact) mass is 418 g/mol. The zero-order valence-electron chi connectivity index (χ0n) is 17.0. The molecule has 4 aromatic rings. The van der Waals surface area contributed by atoms with E-state index in [1.165, 1.54) is 10.6 Å². The molecule has 0 radical (unpaired) electrons. The van der Waals surface area contributed by atoms with E-state index in [1.807, 2.05) is 43.3 Å². The maximum Gasteiger partial charge on any atom is 0.329 e. The van der Waals surface area contributed by atoms with E-state index in [9.17, 15) is 19.5 Å². The molecule has 3 aromatic carbocycles. The molecule has 31 heavy (non-hydrogen) atoms. The smallest absolute Gasteiger partial charge is 0.329 e. The number of hydrogen-bond acceptors (Lipinski definition) is 4. The van der Waals surface area contributed by atoms with Gasteiger partial charge in [0.05, 0.1) is 16.6 Å². The van der Waals surface area contributed by atoms with Crippen molar-refractivity contribution in [3.63, 3.8) is 0 Å². The molecule has 0 saturated heterocycles. The van der Waals surface area contributed by atoms with Gasteiger partial charge in [0.25, 0.3) is 11.8 Å². The number of nitrogens with one attached hydrogen (secondary N) is 2. The number of aryl methyl sites for hydroxylation is 1. The number of aromatic nitrogens is 2. The van der Waals surface area contributed by atoms with Crippen LogP contribution in [0.3, 0.4) is 0 Å². The molecule has 0 aliphatic carbocycles. The lowest BCUT2D eigenvalue weighted by molar-refractivity contribution is -0.122. The van der Waals surface area contributed by atoms with Crippen LogP contribution in [0.25, 0.3) is 21.8 Å². The van der Waals surface area contributed by atoms with E-state index < -0.39 is 11.8 Å². The largest absolute Gasteiger partial charge is 0.507 e. The van der Waals surface area contributed by atoms with Crippen LogP contribution in [0, 0.1) is 0 Å². The molecule has 8 nitrogen and oxygen atoms in total. The predicted octanol–water partition coefficient (Wildman–Crippen LogP) is 2.53. The highest BCUT2D eigenvalue weighted by Gasteiger charge is 2.17. The summed E-state index contributed by atoms with van der Waals surface area (Å²) in [5.41, 5.74) is 5.78. The van der Waals surface area contributed by atoms with Crippen molar-refractivity contribution in [1.29, 1.82) is 0 Å². The third-order valence-electron chi connectivity index (χ3n) is 5.10. The third-order valence-corrected chi connectivity index (χ3v) is 5.10. The minimum Gasteiger partial charge on any atom is -0.507 e. The maximum absolute atomic E-state index is 12.8. The lowest BCUT2D eigenvalue weighted by Crippen LogP contribution is -2.44. The van der Waals surface area contributed by atoms with Crippen molar-refractivity contribution in [3.8, 4) is 5.75 Å². The third kappa shape index (κ3) is 3.87. The Kier molecular flexibility index (Phi) is 5.44. The van der Waals surface area contributed by atoms with Crippen LogP contribution in [-0.4, -0.2) is 26.1 Å². The molecule has 0 bridgehead atoms. The average molecular weight is 418 g/mol. The molecule has 1 aromatic heterocycles. The van der Waals surface area contributed by atoms with E-state index in [2.05, 4.69) is 10.9 Å². The normalized spacial score (nSPS) is 11.0. The molecular formula is C23H22N4O4. The van der Waals surface area contributed by atoms with Crippen LogP contribution in [0.1, 0.15) is 23.7 Å². The Morgan fingerprint density at radius 3 is 2.19 bits per heavy atom.